The summed E-state index contributed by atoms with van der Waals surface area (Å²) < 4.78 is 20.3. The van der Waals surface area contributed by atoms with Crippen LogP contribution in [0.15, 0.2) is 23.8 Å². The molecule has 0 radical (unpaired) electrons. The maximum Gasteiger partial charge on any atom is 0.333 e. The molecule has 0 aromatic rings. The Morgan fingerprint density at radius 1 is 1.20 bits per heavy atom. The van der Waals surface area contributed by atoms with E-state index in [1.807, 2.05) is 6.92 Å². The molecule has 1 aliphatic heterocycles. The largest absolute Gasteiger partial charge is 0.462 e. The highest BCUT2D eigenvalue weighted by Crippen LogP contribution is 2.31. The van der Waals surface area contributed by atoms with Gasteiger partial charge in [0.05, 0.1) is 18.4 Å². The second-order valence-electron chi connectivity index (χ2n) is 6.35. The van der Waals surface area contributed by atoms with E-state index in [9.17, 15) is 14.4 Å². The van der Waals surface area contributed by atoms with Gasteiger partial charge in [0.2, 0.25) is 0 Å². The Balaban J connectivity index is 1.83. The highest BCUT2D eigenvalue weighted by atomic mass is 16.6. The van der Waals surface area contributed by atoms with E-state index in [-0.39, 0.29) is 31.5 Å². The molecule has 1 saturated heterocycles. The summed E-state index contributed by atoms with van der Waals surface area (Å²) in [5.74, 6) is -2.70. The third-order valence-electron chi connectivity index (χ3n) is 4.05. The van der Waals surface area contributed by atoms with Crippen molar-refractivity contribution >= 4 is 17.9 Å². The Hall–Kier alpha value is -2.15. The van der Waals surface area contributed by atoms with Gasteiger partial charge in [0.25, 0.3) is 0 Å². The van der Waals surface area contributed by atoms with E-state index in [1.54, 1.807) is 6.08 Å². The molecule has 3 unspecified atom stereocenters. The lowest BCUT2D eigenvalue weighted by Gasteiger charge is -2.26. The van der Waals surface area contributed by atoms with Gasteiger partial charge in [-0.2, -0.15) is 0 Å². The predicted molar refractivity (Wildman–Crippen MR) is 87.4 cm³/mol. The van der Waals surface area contributed by atoms with Crippen LogP contribution in [0.3, 0.4) is 0 Å². The fourth-order valence-electron chi connectivity index (χ4n) is 2.51. The molecular weight excluding hydrogens is 328 g/mol. The first kappa shape index (κ1) is 19.2. The van der Waals surface area contributed by atoms with E-state index < -0.39 is 29.7 Å². The zero-order chi connectivity index (χ0) is 18.4. The maximum atomic E-state index is 12.3. The lowest BCUT2D eigenvalue weighted by Crippen LogP contribution is -2.34. The summed E-state index contributed by atoms with van der Waals surface area (Å²) in [6.07, 6.45) is 2.99. The van der Waals surface area contributed by atoms with Crippen LogP contribution in [0.25, 0.3) is 0 Å². The molecule has 0 bridgehead atoms. The van der Waals surface area contributed by atoms with Crippen LogP contribution < -0.4 is 0 Å². The molecular formula is C18H24O7. The van der Waals surface area contributed by atoms with Crippen molar-refractivity contribution in [2.75, 3.05) is 26.4 Å². The summed E-state index contributed by atoms with van der Waals surface area (Å²) in [5, 5.41) is 0. The molecule has 0 spiro atoms. The first-order valence-electron chi connectivity index (χ1n) is 8.33. The van der Waals surface area contributed by atoms with E-state index in [2.05, 4.69) is 6.58 Å². The number of epoxide rings is 1. The van der Waals surface area contributed by atoms with Gasteiger partial charge in [0, 0.05) is 5.57 Å². The second-order valence-corrected chi connectivity index (χ2v) is 6.35. The molecule has 7 heteroatoms. The quantitative estimate of drug-likeness (QED) is 0.163. The number of esters is 3. The Bertz CT molecular complexity index is 574. The van der Waals surface area contributed by atoms with E-state index in [4.69, 9.17) is 18.9 Å². The third-order valence-corrected chi connectivity index (χ3v) is 4.05. The third kappa shape index (κ3) is 6.01. The fraction of sp³-hybridized carbons (Fsp3) is 0.611. The SMILES string of the molecule is C=C(C)C(=O)OCCOC(=O)C1CCC(C)=CC1C(=O)OCC1CO1. The molecule has 25 heavy (non-hydrogen) atoms. The number of allylic oxidation sites excluding steroid dienone is 1. The van der Waals surface area contributed by atoms with Gasteiger partial charge in [0.15, 0.2) is 0 Å². The fourth-order valence-corrected chi connectivity index (χ4v) is 2.51. The van der Waals surface area contributed by atoms with Crippen LogP contribution in [0.2, 0.25) is 0 Å². The predicted octanol–water partition coefficient (Wildman–Crippen LogP) is 1.56. The molecule has 1 heterocycles. The Morgan fingerprint density at radius 3 is 2.52 bits per heavy atom. The Morgan fingerprint density at radius 2 is 1.88 bits per heavy atom. The molecule has 1 fully saturated rings. The lowest BCUT2D eigenvalue weighted by molar-refractivity contribution is -0.161. The molecule has 3 atom stereocenters. The molecule has 0 N–H and O–H groups in total. The molecule has 0 saturated carbocycles. The van der Waals surface area contributed by atoms with Gasteiger partial charge in [-0.15, -0.1) is 0 Å². The van der Waals surface area contributed by atoms with Crippen LogP contribution in [0.1, 0.15) is 26.7 Å². The minimum absolute atomic E-state index is 0.0222. The highest BCUT2D eigenvalue weighted by molar-refractivity contribution is 5.87. The Labute approximate surface area is 146 Å². The van der Waals surface area contributed by atoms with Crippen molar-refractivity contribution < 1.29 is 33.3 Å². The van der Waals surface area contributed by atoms with Gasteiger partial charge in [-0.1, -0.05) is 18.2 Å². The normalized spacial score (nSPS) is 24.7. The van der Waals surface area contributed by atoms with Gasteiger partial charge in [-0.05, 0) is 26.7 Å². The molecule has 2 rings (SSSR count). The zero-order valence-corrected chi connectivity index (χ0v) is 14.6. The molecule has 2 aliphatic rings. The topological polar surface area (TPSA) is 91.4 Å². The molecule has 1 aliphatic carbocycles. The van der Waals surface area contributed by atoms with E-state index >= 15 is 0 Å². The van der Waals surface area contributed by atoms with Crippen LogP contribution in [-0.2, 0) is 33.3 Å². The summed E-state index contributed by atoms with van der Waals surface area (Å²) >= 11 is 0. The van der Waals surface area contributed by atoms with Gasteiger partial charge in [-0.3, -0.25) is 9.59 Å². The zero-order valence-electron chi connectivity index (χ0n) is 14.6. The van der Waals surface area contributed by atoms with E-state index in [0.29, 0.717) is 13.0 Å². The highest BCUT2D eigenvalue weighted by Gasteiger charge is 2.37. The monoisotopic (exact) mass is 352 g/mol. The summed E-state index contributed by atoms with van der Waals surface area (Å²) in [5.41, 5.74) is 1.32. The first-order chi connectivity index (χ1) is 11.9. The van der Waals surface area contributed by atoms with Crippen molar-refractivity contribution in [3.8, 4) is 0 Å². The van der Waals surface area contributed by atoms with Gasteiger partial charge < -0.3 is 18.9 Å². The first-order valence-corrected chi connectivity index (χ1v) is 8.33. The number of ether oxygens (including phenoxy) is 4. The van der Waals surface area contributed by atoms with Gasteiger partial charge >= 0.3 is 17.9 Å². The second kappa shape index (κ2) is 8.80. The number of carbonyl (C=O) groups excluding carboxylic acids is 3. The smallest absolute Gasteiger partial charge is 0.333 e. The van der Waals surface area contributed by atoms with Crippen LogP contribution in [0, 0.1) is 11.8 Å². The Kier molecular flexibility index (Phi) is 6.75. The minimum Gasteiger partial charge on any atom is -0.462 e. The average molecular weight is 352 g/mol. The number of carbonyl (C=O) groups is 3. The van der Waals surface area contributed by atoms with Crippen LogP contribution >= 0.6 is 0 Å². The number of rotatable bonds is 8. The van der Waals surface area contributed by atoms with Crippen LogP contribution in [0.4, 0.5) is 0 Å². The van der Waals surface area contributed by atoms with Crippen LogP contribution in [-0.4, -0.2) is 50.4 Å². The van der Waals surface area contributed by atoms with Gasteiger partial charge in [0.1, 0.15) is 25.9 Å². The standard InChI is InChI=1S/C18H24O7/c1-11(2)16(19)22-6-7-23-17(20)14-5-4-12(3)8-15(14)18(21)25-10-13-9-24-13/h8,13-15H,1,4-7,9-10H2,2-3H3. The molecule has 0 amide bonds. The minimum atomic E-state index is -0.655. The van der Waals surface area contributed by atoms with Crippen molar-refractivity contribution in [2.45, 2.75) is 32.8 Å². The van der Waals surface area contributed by atoms with Crippen molar-refractivity contribution in [3.63, 3.8) is 0 Å². The molecule has 0 aromatic heterocycles. The lowest BCUT2D eigenvalue weighted by atomic mass is 9.81. The molecule has 138 valence electrons. The summed E-state index contributed by atoms with van der Waals surface area (Å²) in [7, 11) is 0. The molecule has 7 nitrogen and oxygen atoms in total. The van der Waals surface area contributed by atoms with Crippen LogP contribution in [0.5, 0.6) is 0 Å². The van der Waals surface area contributed by atoms with Crippen molar-refractivity contribution in [2.24, 2.45) is 11.8 Å². The number of hydrogen-bond acceptors (Lipinski definition) is 7. The summed E-state index contributed by atoms with van der Waals surface area (Å²) in [6.45, 7) is 7.62. The summed E-state index contributed by atoms with van der Waals surface area (Å²) in [6, 6.07) is 0. The maximum absolute atomic E-state index is 12.3. The van der Waals surface area contributed by atoms with Crippen molar-refractivity contribution in [3.05, 3.63) is 23.8 Å². The number of hydrogen-bond donors (Lipinski definition) is 0. The average Bonchev–Trinajstić information content (AvgIpc) is 3.40. The van der Waals surface area contributed by atoms with E-state index in [0.717, 1.165) is 12.0 Å². The van der Waals surface area contributed by atoms with Crippen molar-refractivity contribution in [1.82, 2.24) is 0 Å². The van der Waals surface area contributed by atoms with E-state index in [1.165, 1.54) is 6.92 Å². The van der Waals surface area contributed by atoms with Crippen molar-refractivity contribution in [1.29, 1.82) is 0 Å². The molecule has 0 aromatic carbocycles. The van der Waals surface area contributed by atoms with Gasteiger partial charge in [-0.25, -0.2) is 4.79 Å². The summed E-state index contributed by atoms with van der Waals surface area (Å²) in [4.78, 5) is 35.8.